The summed E-state index contributed by atoms with van der Waals surface area (Å²) in [6.07, 6.45) is 5.10. The minimum absolute atomic E-state index is 0.0348. The molecule has 7 amide bonds. The Morgan fingerprint density at radius 3 is 1.84 bits per heavy atom. The van der Waals surface area contributed by atoms with Crippen LogP contribution in [0.2, 0.25) is 0 Å². The molecule has 3 aromatic rings. The minimum Gasteiger partial charge on any atom is -0.379 e. The number of primary amides is 1. The van der Waals surface area contributed by atoms with Gasteiger partial charge in [-0.2, -0.15) is 8.42 Å². The smallest absolute Gasteiger partial charge is 0.266 e. The van der Waals surface area contributed by atoms with Gasteiger partial charge in [0.2, 0.25) is 41.4 Å². The van der Waals surface area contributed by atoms with Crippen LogP contribution >= 0.6 is 0 Å². The number of nitrogens with two attached hydrogens (primary N) is 1. The first-order valence-corrected chi connectivity index (χ1v) is 33.9. The van der Waals surface area contributed by atoms with Gasteiger partial charge in [-0.1, -0.05) is 74.1 Å². The molecule has 1 unspecified atom stereocenters. The quantitative estimate of drug-likeness (QED) is 0.0240. The molecule has 0 fully saturated rings. The molecular weight excluding hydrogens is 1240 g/mol. The molecule has 0 radical (unpaired) electrons. The summed E-state index contributed by atoms with van der Waals surface area (Å²) in [4.78, 5) is 91.0. The van der Waals surface area contributed by atoms with Crippen molar-refractivity contribution in [3.05, 3.63) is 76.6 Å². The van der Waals surface area contributed by atoms with E-state index in [0.717, 1.165) is 53.8 Å². The molecule has 2 heterocycles. The van der Waals surface area contributed by atoms with Crippen molar-refractivity contribution >= 4 is 57.2 Å². The van der Waals surface area contributed by atoms with Crippen molar-refractivity contribution in [3.8, 4) is 11.8 Å². The first kappa shape index (κ1) is 77.7. The number of nitrogens with zero attached hydrogens (tertiary/aromatic N) is 4. The van der Waals surface area contributed by atoms with Crippen LogP contribution in [-0.4, -0.2) is 219 Å². The lowest BCUT2D eigenvalue weighted by molar-refractivity contribution is -0.132. The molecule has 0 spiro atoms. The van der Waals surface area contributed by atoms with E-state index in [1.54, 1.807) is 18.7 Å². The molecule has 1 aromatic heterocycles. The lowest BCUT2D eigenvalue weighted by Crippen LogP contribution is -2.54. The third-order valence-electron chi connectivity index (χ3n) is 14.7. The van der Waals surface area contributed by atoms with Crippen LogP contribution in [0.4, 0.5) is 5.69 Å². The Morgan fingerprint density at radius 1 is 0.628 bits per heavy atom. The predicted octanol–water partition coefficient (Wildman–Crippen LogP) is 1.61. The average Bonchev–Trinajstić information content (AvgIpc) is 1.31. The Labute approximate surface area is 550 Å². The lowest BCUT2D eigenvalue weighted by Gasteiger charge is -2.26. The summed E-state index contributed by atoms with van der Waals surface area (Å²) in [6.45, 7) is 9.07. The van der Waals surface area contributed by atoms with Crippen molar-refractivity contribution < 1.29 is 89.2 Å². The molecule has 522 valence electrons. The number of carbonyl (C=O) groups is 7. The maximum atomic E-state index is 13.4. The first-order chi connectivity index (χ1) is 45.5. The Kier molecular flexibility index (Phi) is 37.5. The average molecular weight is 1340 g/mol. The fraction of sp³-hybridized carbons (Fsp3) is 0.641. The molecular formula is C64H96N10O19S. The van der Waals surface area contributed by atoms with Crippen molar-refractivity contribution in [2.24, 2.45) is 11.7 Å². The SMILES string of the molecule is CC(C)[C@H](NC(=O)[C@@H](CCCCNC(=O)COC1CCCCCc2c1nnn2CCOCCOCCOCCOCCC(=O)NCCS(=O)(=O)O)NC(=O)CCOCCOCCOCCOCCNC(=O)CCC(=O)N1Cc2ccccc2C#Cc2ccccc21)C(N)=O. The third-order valence-corrected chi connectivity index (χ3v) is 15.5. The largest absolute Gasteiger partial charge is 0.379 e. The molecule has 3 atom stereocenters. The van der Waals surface area contributed by atoms with Gasteiger partial charge in [0, 0.05) is 56.4 Å². The summed E-state index contributed by atoms with van der Waals surface area (Å²) in [6, 6.07) is 13.3. The van der Waals surface area contributed by atoms with E-state index in [1.165, 1.54) is 0 Å². The van der Waals surface area contributed by atoms with E-state index in [9.17, 15) is 42.0 Å². The molecule has 8 N–H and O–H groups in total. The number of hydrogen-bond acceptors (Lipinski definition) is 20. The summed E-state index contributed by atoms with van der Waals surface area (Å²) >= 11 is 0. The second kappa shape index (κ2) is 45.4. The molecule has 5 rings (SSSR count). The van der Waals surface area contributed by atoms with Crippen molar-refractivity contribution in [2.75, 3.05) is 143 Å². The monoisotopic (exact) mass is 1340 g/mol. The molecule has 2 aliphatic rings. The minimum atomic E-state index is -4.13. The van der Waals surface area contributed by atoms with Gasteiger partial charge in [0.15, 0.2) is 0 Å². The second-order valence-corrected chi connectivity index (χ2v) is 24.0. The van der Waals surface area contributed by atoms with Crippen LogP contribution < -0.4 is 37.2 Å². The van der Waals surface area contributed by atoms with Gasteiger partial charge in [-0.05, 0) is 68.2 Å². The number of aromatic nitrogens is 3. The fourth-order valence-electron chi connectivity index (χ4n) is 9.74. The Bertz CT molecular complexity index is 2980. The zero-order chi connectivity index (χ0) is 67.6. The number of benzene rings is 2. The molecule has 0 bridgehead atoms. The number of para-hydroxylation sites is 1. The molecule has 94 heavy (non-hydrogen) atoms. The summed E-state index contributed by atoms with van der Waals surface area (Å²) in [7, 11) is -4.13. The van der Waals surface area contributed by atoms with Gasteiger partial charge in [-0.25, -0.2) is 4.68 Å². The van der Waals surface area contributed by atoms with Crippen molar-refractivity contribution in [1.82, 2.24) is 41.6 Å². The van der Waals surface area contributed by atoms with E-state index in [2.05, 4.69) is 48.7 Å². The van der Waals surface area contributed by atoms with Crippen molar-refractivity contribution in [2.45, 2.75) is 122 Å². The molecule has 1 aliphatic heterocycles. The molecule has 30 heteroatoms. The number of unbranched alkanes of at least 4 members (excludes halogenated alkanes) is 1. The van der Waals surface area contributed by atoms with Gasteiger partial charge < -0.3 is 79.8 Å². The van der Waals surface area contributed by atoms with Gasteiger partial charge in [-0.15, -0.1) is 5.10 Å². The highest BCUT2D eigenvalue weighted by Gasteiger charge is 2.29. The van der Waals surface area contributed by atoms with Gasteiger partial charge in [0.1, 0.15) is 30.5 Å². The number of amides is 7. The normalized spacial score (nSPS) is 14.3. The molecule has 1 aliphatic carbocycles. The maximum Gasteiger partial charge on any atom is 0.266 e. The highest BCUT2D eigenvalue weighted by Crippen LogP contribution is 2.30. The zero-order valence-electron chi connectivity index (χ0n) is 54.2. The first-order valence-electron chi connectivity index (χ1n) is 32.3. The number of anilines is 1. The van der Waals surface area contributed by atoms with Gasteiger partial charge in [0.05, 0.1) is 136 Å². The van der Waals surface area contributed by atoms with Crippen LogP contribution in [-0.2, 0) is 106 Å². The molecule has 0 saturated carbocycles. The third kappa shape index (κ3) is 31.9. The molecule has 0 saturated heterocycles. The summed E-state index contributed by atoms with van der Waals surface area (Å²) in [5.41, 5.74) is 10.5. The summed E-state index contributed by atoms with van der Waals surface area (Å²) < 4.78 is 82.5. The number of rotatable bonds is 49. The Hall–Kier alpha value is -7.02. The van der Waals surface area contributed by atoms with Gasteiger partial charge in [-0.3, -0.25) is 38.1 Å². The topological polar surface area (TPSA) is 377 Å². The van der Waals surface area contributed by atoms with E-state index in [4.69, 9.17) is 52.9 Å². The van der Waals surface area contributed by atoms with E-state index < -0.39 is 51.8 Å². The van der Waals surface area contributed by atoms with Crippen LogP contribution in [0.15, 0.2) is 48.5 Å². The number of nitrogens with one attached hydrogen (secondary N) is 5. The standard InChI is InChI=1S/C64H96N10O19S/c1-48(2)61(63(65)80)70-64(81)52(69-58(77)24-30-86-34-38-90-41-43-91-39-35-87-31-26-67-56(75)21-22-60(79)73-46-51-14-7-6-12-49(51)19-20-50-13-8-9-16-53(50)73)15-10-11-25-66-59(78)47-93-55-18-5-3-4-17-54-62(55)71-72-74(54)28-32-88-36-40-92-44-42-89-37-33-85-29-23-57(76)68-27-45-94(82,83)84/h6-9,12-14,16,48,52,55,61H,3-5,10-11,15,17-18,21-47H2,1-2H3,(H2,65,80)(H,66,78)(H,67,75)(H,68,76)(H,69,77)(H,70,81)(H,82,83,84)/t52-,55?,61+/m1/s1. The van der Waals surface area contributed by atoms with E-state index >= 15 is 0 Å². The number of carbonyl (C=O) groups excluding carboxylic acids is 7. The van der Waals surface area contributed by atoms with Gasteiger partial charge in [0.25, 0.3) is 10.1 Å². The van der Waals surface area contributed by atoms with E-state index in [0.29, 0.717) is 104 Å². The van der Waals surface area contributed by atoms with Crippen LogP contribution in [0.1, 0.15) is 119 Å². The van der Waals surface area contributed by atoms with Crippen LogP contribution in [0.3, 0.4) is 0 Å². The predicted molar refractivity (Wildman–Crippen MR) is 343 cm³/mol. The number of fused-ring (bicyclic) bond motifs is 3. The summed E-state index contributed by atoms with van der Waals surface area (Å²) in [5, 5.41) is 22.3. The fourth-order valence-corrected chi connectivity index (χ4v) is 10.1. The maximum absolute atomic E-state index is 13.4. The van der Waals surface area contributed by atoms with E-state index in [1.807, 2.05) is 53.2 Å². The molecule has 29 nitrogen and oxygen atoms in total. The van der Waals surface area contributed by atoms with Crippen molar-refractivity contribution in [1.29, 1.82) is 0 Å². The number of ether oxygens (including phenoxy) is 9. The summed E-state index contributed by atoms with van der Waals surface area (Å²) in [5.74, 6) is 2.74. The highest BCUT2D eigenvalue weighted by atomic mass is 32.2. The Balaban J connectivity index is 0.867. The van der Waals surface area contributed by atoms with E-state index in [-0.39, 0.29) is 128 Å². The highest BCUT2D eigenvalue weighted by molar-refractivity contribution is 7.85. The van der Waals surface area contributed by atoms with Crippen LogP contribution in [0.5, 0.6) is 0 Å². The second-order valence-electron chi connectivity index (χ2n) is 22.4. The van der Waals surface area contributed by atoms with Crippen LogP contribution in [0, 0.1) is 17.8 Å². The molecule has 2 aromatic carbocycles. The number of hydrogen-bond donors (Lipinski definition) is 7. The van der Waals surface area contributed by atoms with Crippen molar-refractivity contribution in [3.63, 3.8) is 0 Å². The zero-order valence-corrected chi connectivity index (χ0v) is 55.1. The van der Waals surface area contributed by atoms with Gasteiger partial charge >= 0.3 is 0 Å². The van der Waals surface area contributed by atoms with Crippen LogP contribution in [0.25, 0.3) is 0 Å². The lowest BCUT2D eigenvalue weighted by atomic mass is 9.99. The Morgan fingerprint density at radius 2 is 1.19 bits per heavy atom.